The highest BCUT2D eigenvalue weighted by molar-refractivity contribution is 6.34. The number of rotatable bonds is 10. The molecule has 0 spiro atoms. The molecule has 0 aromatic heterocycles. The van der Waals surface area contributed by atoms with Crippen molar-refractivity contribution in [3.63, 3.8) is 0 Å². The quantitative estimate of drug-likeness (QED) is 0.120. The van der Waals surface area contributed by atoms with Gasteiger partial charge in [0.05, 0.1) is 0 Å². The minimum absolute atomic E-state index is 1.24. The lowest BCUT2D eigenvalue weighted by molar-refractivity contribution is 1.62. The lowest BCUT2D eigenvalue weighted by Crippen LogP contribution is -1.94. The Morgan fingerprint density at radius 1 is 0.0794 bits per heavy atom. The van der Waals surface area contributed by atoms with Gasteiger partial charge in [-0.2, -0.15) is 0 Å². The lowest BCUT2D eigenvalue weighted by atomic mass is 9.82. The molecular formula is C126H78. The van der Waals surface area contributed by atoms with Crippen molar-refractivity contribution in [3.8, 4) is 111 Å². The van der Waals surface area contributed by atoms with Crippen LogP contribution in [0, 0.1) is 0 Å². The van der Waals surface area contributed by atoms with Crippen LogP contribution in [0.1, 0.15) is 0 Å². The first-order valence-electron chi connectivity index (χ1n) is 43.8. The van der Waals surface area contributed by atoms with Crippen molar-refractivity contribution in [2.24, 2.45) is 0 Å². The van der Waals surface area contributed by atoms with Crippen molar-refractivity contribution < 1.29 is 0 Å². The summed E-state index contributed by atoms with van der Waals surface area (Å²) in [5.74, 6) is 0. The molecule has 0 saturated carbocycles. The summed E-state index contributed by atoms with van der Waals surface area (Å²) in [6.07, 6.45) is 0. The zero-order valence-electron chi connectivity index (χ0n) is 69.0. The fourth-order valence-electron chi connectivity index (χ4n) is 21.1. The number of hydrogen-bond donors (Lipinski definition) is 0. The van der Waals surface area contributed by atoms with Gasteiger partial charge in [0.2, 0.25) is 0 Å². The second kappa shape index (κ2) is 29.8. The smallest absolute Gasteiger partial charge is 0.00139 e. The van der Waals surface area contributed by atoms with Crippen LogP contribution in [0.15, 0.2) is 473 Å². The van der Waals surface area contributed by atoms with Crippen LogP contribution in [0.5, 0.6) is 0 Å². The van der Waals surface area contributed by atoms with Crippen molar-refractivity contribution in [2.75, 3.05) is 0 Å². The van der Waals surface area contributed by atoms with Gasteiger partial charge < -0.3 is 0 Å². The van der Waals surface area contributed by atoms with E-state index in [0.29, 0.717) is 0 Å². The minimum atomic E-state index is 1.24. The van der Waals surface area contributed by atoms with Crippen LogP contribution in [0.2, 0.25) is 0 Å². The molecule has 0 nitrogen and oxygen atoms in total. The highest BCUT2D eigenvalue weighted by Crippen LogP contribution is 2.52. The topological polar surface area (TPSA) is 0 Å². The highest BCUT2D eigenvalue weighted by atomic mass is 14.3. The molecule has 0 bridgehead atoms. The maximum Gasteiger partial charge on any atom is -0.00139 e. The lowest BCUT2D eigenvalue weighted by Gasteiger charge is -2.21. The standard InChI is InChI=1S/C50H30.C40H26.C36H22/c1-3-7-31(8-4-1)39-23-15-35-21-29-45-41(25-17-37-19-27-43(39)47(35)49(37)45)33-11-13-34(14-12-33)42-26-18-38-20-28-44-40(32-9-5-2-6-10-32)24-16-36-22-30-46(42)50(38)48(36)44;1-5-13-27(14-6-1)35-25-36(28-15-7-2-8-16-28)32-23-24-34-38(30-19-11-4-12-20-30)26-37(29-17-9-3-10-18-29)33-22-21-31(35)39(32)40(33)34;1-3-7-27-21-29(11-9-23(27)5-1)31-17-13-25-16-20-34-32(18-14-26-15-19-33(31)35(25)36(26)34)30-12-10-24-6-2-4-8-28(24)22-30/h1-30H;1-26H;1-22H. The van der Waals surface area contributed by atoms with Gasteiger partial charge in [-0.25, -0.2) is 0 Å². The van der Waals surface area contributed by atoms with E-state index in [1.54, 1.807) is 0 Å². The van der Waals surface area contributed by atoms with Crippen LogP contribution in [-0.2, 0) is 0 Å². The summed E-state index contributed by atoms with van der Waals surface area (Å²) >= 11 is 0. The summed E-state index contributed by atoms with van der Waals surface area (Å²) in [6.45, 7) is 0. The fraction of sp³-hybridized carbons (Fsp3) is 0. The molecule has 582 valence electrons. The zero-order valence-corrected chi connectivity index (χ0v) is 69.0. The van der Waals surface area contributed by atoms with Gasteiger partial charge in [-0.3, -0.25) is 0 Å². The van der Waals surface area contributed by atoms with E-state index >= 15 is 0 Å². The maximum absolute atomic E-state index is 2.39. The van der Waals surface area contributed by atoms with Gasteiger partial charge in [0.15, 0.2) is 0 Å². The number of hydrogen-bond acceptors (Lipinski definition) is 0. The molecule has 0 fully saturated rings. The van der Waals surface area contributed by atoms with E-state index < -0.39 is 0 Å². The first-order valence-corrected chi connectivity index (χ1v) is 43.8. The molecule has 27 rings (SSSR count). The molecule has 0 heteroatoms. The van der Waals surface area contributed by atoms with Crippen LogP contribution in [0.4, 0.5) is 0 Å². The first kappa shape index (κ1) is 72.4. The number of benzene rings is 27. The molecule has 0 heterocycles. The van der Waals surface area contributed by atoms with Crippen molar-refractivity contribution >= 4 is 151 Å². The third-order valence-electron chi connectivity index (χ3n) is 27.0. The SMILES string of the molecule is c1ccc(-c2cc(-c3ccccc3)c3ccc4c(-c5ccccc5)cc(-c5ccccc5)c5ccc2c3c54)cc1.c1ccc(-c2ccc3ccc4c(-c5ccc(-c6ccc7ccc8c(-c9ccccc9)ccc9ccc6c7c98)cc5)ccc5ccc2c3c54)cc1.c1ccc2cc(-c3ccc4ccc5c(-c6ccc7ccccc7c6)ccc6ccc3c4c65)ccc2c1. The van der Waals surface area contributed by atoms with Crippen LogP contribution in [0.3, 0.4) is 0 Å². The third-order valence-corrected chi connectivity index (χ3v) is 27.0. The summed E-state index contributed by atoms with van der Waals surface area (Å²) in [6, 6.07) is 174. The molecule has 0 radical (unpaired) electrons. The van der Waals surface area contributed by atoms with Crippen molar-refractivity contribution in [1.82, 2.24) is 0 Å². The largest absolute Gasteiger partial charge is 0.0622 e. The third kappa shape index (κ3) is 12.0. The van der Waals surface area contributed by atoms with E-state index in [1.807, 2.05) is 0 Å². The van der Waals surface area contributed by atoms with E-state index in [4.69, 9.17) is 0 Å². The highest BCUT2D eigenvalue weighted by Gasteiger charge is 2.24. The molecule has 0 aliphatic heterocycles. The van der Waals surface area contributed by atoms with Gasteiger partial charge in [0.25, 0.3) is 0 Å². The van der Waals surface area contributed by atoms with Gasteiger partial charge in [0, 0.05) is 0 Å². The zero-order chi connectivity index (χ0) is 82.9. The Hall–Kier alpha value is -16.4. The molecular weight excluding hydrogens is 1510 g/mol. The molecule has 0 aliphatic carbocycles. The van der Waals surface area contributed by atoms with E-state index in [1.165, 1.54) is 262 Å². The summed E-state index contributed by atoms with van der Waals surface area (Å²) in [5.41, 5.74) is 25.2. The second-order valence-corrected chi connectivity index (χ2v) is 33.9. The van der Waals surface area contributed by atoms with E-state index in [0.717, 1.165) is 0 Å². The Balaban J connectivity index is 0.000000105. The Labute approximate surface area is 730 Å². The minimum Gasteiger partial charge on any atom is -0.0622 e. The van der Waals surface area contributed by atoms with Crippen LogP contribution in [0.25, 0.3) is 262 Å². The molecule has 0 unspecified atom stereocenters. The van der Waals surface area contributed by atoms with Crippen LogP contribution in [-0.4, -0.2) is 0 Å². The predicted octanol–water partition coefficient (Wildman–Crippen LogP) is 35.6. The summed E-state index contributed by atoms with van der Waals surface area (Å²) in [5, 5.41) is 36.7. The molecule has 0 aliphatic rings. The van der Waals surface area contributed by atoms with Crippen molar-refractivity contribution in [2.45, 2.75) is 0 Å². The Bertz CT molecular complexity index is 8210. The van der Waals surface area contributed by atoms with Gasteiger partial charge in [-0.05, 0) is 286 Å². The fourth-order valence-corrected chi connectivity index (χ4v) is 21.1. The summed E-state index contributed by atoms with van der Waals surface area (Å²) in [4.78, 5) is 0. The Morgan fingerprint density at radius 3 is 0.476 bits per heavy atom. The number of fused-ring (bicyclic) bond motifs is 2. The molecule has 126 heavy (non-hydrogen) atoms. The van der Waals surface area contributed by atoms with Crippen molar-refractivity contribution in [3.05, 3.63) is 473 Å². The molecule has 0 amide bonds. The molecule has 27 aromatic carbocycles. The molecule has 0 atom stereocenters. The van der Waals surface area contributed by atoms with Crippen molar-refractivity contribution in [1.29, 1.82) is 0 Å². The Kier molecular flexibility index (Phi) is 17.1. The maximum atomic E-state index is 2.39. The van der Waals surface area contributed by atoms with Gasteiger partial charge in [0.1, 0.15) is 0 Å². The normalized spacial score (nSPS) is 11.8. The van der Waals surface area contributed by atoms with E-state index in [2.05, 4.69) is 473 Å². The van der Waals surface area contributed by atoms with E-state index in [9.17, 15) is 0 Å². The van der Waals surface area contributed by atoms with E-state index in [-0.39, 0.29) is 0 Å². The molecule has 27 aromatic rings. The van der Waals surface area contributed by atoms with Crippen LogP contribution >= 0.6 is 0 Å². The summed E-state index contributed by atoms with van der Waals surface area (Å²) < 4.78 is 0. The predicted molar refractivity (Wildman–Crippen MR) is 544 cm³/mol. The Morgan fingerprint density at radius 2 is 0.238 bits per heavy atom. The monoisotopic (exact) mass is 1590 g/mol. The molecule has 0 N–H and O–H groups in total. The summed E-state index contributed by atoms with van der Waals surface area (Å²) in [7, 11) is 0. The second-order valence-electron chi connectivity index (χ2n) is 33.9. The van der Waals surface area contributed by atoms with Gasteiger partial charge in [-0.15, -0.1) is 0 Å². The van der Waals surface area contributed by atoms with Gasteiger partial charge >= 0.3 is 0 Å². The average molecular weight is 1590 g/mol. The average Bonchev–Trinajstić information content (AvgIpc) is 0.687. The van der Waals surface area contributed by atoms with Crippen LogP contribution < -0.4 is 0 Å². The van der Waals surface area contributed by atoms with Gasteiger partial charge in [-0.1, -0.05) is 449 Å². The first-order chi connectivity index (χ1) is 62.5. The molecule has 0 saturated heterocycles.